The lowest BCUT2D eigenvalue weighted by Gasteiger charge is -2.12. The van der Waals surface area contributed by atoms with Crippen LogP contribution in [-0.2, 0) is 13.1 Å². The molecule has 0 aliphatic heterocycles. The fourth-order valence-corrected chi connectivity index (χ4v) is 2.14. The predicted octanol–water partition coefficient (Wildman–Crippen LogP) is 2.73. The first-order chi connectivity index (χ1) is 11.3. The number of nitrogens with one attached hydrogen (secondary N) is 2. The maximum Gasteiger partial charge on any atom is 0.191 e. The van der Waals surface area contributed by atoms with Crippen LogP contribution in [0.2, 0.25) is 0 Å². The van der Waals surface area contributed by atoms with Gasteiger partial charge in [0.05, 0.1) is 13.1 Å². The summed E-state index contributed by atoms with van der Waals surface area (Å²) in [6.45, 7) is 7.54. The van der Waals surface area contributed by atoms with E-state index in [0.29, 0.717) is 6.54 Å². The largest absolute Gasteiger partial charge is 0.356 e. The van der Waals surface area contributed by atoms with Crippen molar-refractivity contribution in [3.8, 4) is 0 Å². The van der Waals surface area contributed by atoms with Crippen molar-refractivity contribution < 1.29 is 0 Å². The average Bonchev–Trinajstić information content (AvgIpc) is 3.07. The molecule has 2 rings (SSSR count). The first-order valence-corrected chi connectivity index (χ1v) is 8.33. The Balaban J connectivity index is 1.86. The Bertz CT molecular complexity index is 572. The van der Waals surface area contributed by atoms with Crippen molar-refractivity contribution in [2.45, 2.75) is 39.8 Å². The summed E-state index contributed by atoms with van der Waals surface area (Å²) in [7, 11) is 0. The van der Waals surface area contributed by atoms with Crippen LogP contribution in [0.15, 0.2) is 47.7 Å². The van der Waals surface area contributed by atoms with Gasteiger partial charge in [-0.1, -0.05) is 43.2 Å². The summed E-state index contributed by atoms with van der Waals surface area (Å²) in [5.41, 5.74) is 2.50. The molecule has 1 aromatic carbocycles. The van der Waals surface area contributed by atoms with E-state index in [4.69, 9.17) is 0 Å². The van der Waals surface area contributed by atoms with Crippen LogP contribution in [0.1, 0.15) is 30.9 Å². The Morgan fingerprint density at radius 1 is 1.17 bits per heavy atom. The van der Waals surface area contributed by atoms with Gasteiger partial charge in [0.1, 0.15) is 0 Å². The molecule has 1 aromatic heterocycles. The fraction of sp³-hybridized carbons (Fsp3) is 0.444. The molecule has 5 heteroatoms. The molecule has 0 saturated heterocycles. The van der Waals surface area contributed by atoms with Gasteiger partial charge in [0, 0.05) is 25.5 Å². The van der Waals surface area contributed by atoms with Gasteiger partial charge < -0.3 is 10.6 Å². The quantitative estimate of drug-likeness (QED) is 0.447. The Morgan fingerprint density at radius 3 is 2.65 bits per heavy atom. The van der Waals surface area contributed by atoms with Gasteiger partial charge in [-0.25, -0.2) is 4.99 Å². The zero-order chi connectivity index (χ0) is 16.3. The van der Waals surface area contributed by atoms with E-state index in [0.717, 1.165) is 32.0 Å². The molecule has 0 radical (unpaired) electrons. The van der Waals surface area contributed by atoms with Gasteiger partial charge in [0.15, 0.2) is 5.96 Å². The van der Waals surface area contributed by atoms with Crippen LogP contribution < -0.4 is 10.6 Å². The number of guanidine groups is 1. The minimum Gasteiger partial charge on any atom is -0.356 e. The molecule has 0 saturated carbocycles. The molecular weight excluding hydrogens is 286 g/mol. The van der Waals surface area contributed by atoms with Gasteiger partial charge in [0.2, 0.25) is 0 Å². The Labute approximate surface area is 138 Å². The molecule has 1 heterocycles. The van der Waals surface area contributed by atoms with Crippen molar-refractivity contribution in [3.05, 3.63) is 53.9 Å². The maximum absolute atomic E-state index is 4.68. The molecule has 124 valence electrons. The Kier molecular flexibility index (Phi) is 7.17. The van der Waals surface area contributed by atoms with E-state index in [1.165, 1.54) is 17.5 Å². The smallest absolute Gasteiger partial charge is 0.191 e. The molecule has 2 N–H and O–H groups in total. The number of aromatic nitrogens is 2. The number of unbranched alkanes of at least 4 members (excludes halogenated alkanes) is 1. The zero-order valence-electron chi connectivity index (χ0n) is 14.1. The normalized spacial score (nSPS) is 11.5. The van der Waals surface area contributed by atoms with Crippen molar-refractivity contribution in [2.24, 2.45) is 4.99 Å². The molecule has 0 unspecified atom stereocenters. The Hall–Kier alpha value is -2.30. The average molecular weight is 313 g/mol. The van der Waals surface area contributed by atoms with Crippen LogP contribution in [0, 0.1) is 6.92 Å². The van der Waals surface area contributed by atoms with Crippen LogP contribution in [0.5, 0.6) is 0 Å². The van der Waals surface area contributed by atoms with Crippen LogP contribution in [0.3, 0.4) is 0 Å². The molecule has 2 aromatic rings. The third-order valence-electron chi connectivity index (χ3n) is 3.56. The van der Waals surface area contributed by atoms with Crippen molar-refractivity contribution in [1.82, 2.24) is 20.4 Å². The van der Waals surface area contributed by atoms with Gasteiger partial charge in [-0.05, 0) is 25.0 Å². The second kappa shape index (κ2) is 9.66. The highest BCUT2D eigenvalue weighted by molar-refractivity contribution is 5.79. The van der Waals surface area contributed by atoms with Gasteiger partial charge >= 0.3 is 0 Å². The second-order valence-electron chi connectivity index (χ2n) is 5.63. The summed E-state index contributed by atoms with van der Waals surface area (Å²) in [6.07, 6.45) is 6.08. The molecule has 5 nitrogen and oxygen atoms in total. The standard InChI is InChI=1S/C18H27N5/c1-3-4-10-19-18(20-12-14-23-13-5-11-22-23)21-15-17-8-6-16(2)7-9-17/h5-9,11,13H,3-4,10,12,14-15H2,1-2H3,(H2,19,20,21). The number of benzene rings is 1. The van der Waals surface area contributed by atoms with Crippen LogP contribution in [0.25, 0.3) is 0 Å². The summed E-state index contributed by atoms with van der Waals surface area (Å²) >= 11 is 0. The summed E-state index contributed by atoms with van der Waals surface area (Å²) < 4.78 is 1.91. The molecular formula is C18H27N5. The van der Waals surface area contributed by atoms with Gasteiger partial charge in [0.25, 0.3) is 0 Å². The number of aryl methyl sites for hydroxylation is 1. The second-order valence-corrected chi connectivity index (χ2v) is 5.63. The van der Waals surface area contributed by atoms with Crippen molar-refractivity contribution in [3.63, 3.8) is 0 Å². The van der Waals surface area contributed by atoms with Gasteiger partial charge in [-0.15, -0.1) is 0 Å². The van der Waals surface area contributed by atoms with E-state index in [-0.39, 0.29) is 0 Å². The lowest BCUT2D eigenvalue weighted by Crippen LogP contribution is -2.39. The van der Waals surface area contributed by atoms with E-state index in [1.54, 1.807) is 6.20 Å². The molecule has 0 aliphatic rings. The van der Waals surface area contributed by atoms with E-state index in [2.05, 4.69) is 58.8 Å². The monoisotopic (exact) mass is 313 g/mol. The summed E-state index contributed by atoms with van der Waals surface area (Å²) in [5, 5.41) is 11.0. The summed E-state index contributed by atoms with van der Waals surface area (Å²) in [6, 6.07) is 10.4. The predicted molar refractivity (Wildman–Crippen MR) is 95.5 cm³/mol. The van der Waals surface area contributed by atoms with Gasteiger partial charge in [-0.2, -0.15) is 5.10 Å². The fourth-order valence-electron chi connectivity index (χ4n) is 2.14. The number of hydrogen-bond acceptors (Lipinski definition) is 2. The first kappa shape index (κ1) is 17.1. The number of hydrogen-bond donors (Lipinski definition) is 2. The lowest BCUT2D eigenvalue weighted by molar-refractivity contribution is 0.595. The topological polar surface area (TPSA) is 54.2 Å². The third kappa shape index (κ3) is 6.55. The molecule has 0 aliphatic carbocycles. The Morgan fingerprint density at radius 2 is 1.96 bits per heavy atom. The molecule has 0 bridgehead atoms. The van der Waals surface area contributed by atoms with E-state index in [1.807, 2.05) is 16.9 Å². The van der Waals surface area contributed by atoms with Crippen molar-refractivity contribution in [1.29, 1.82) is 0 Å². The summed E-state index contributed by atoms with van der Waals surface area (Å²) in [4.78, 5) is 4.68. The minimum absolute atomic E-state index is 0.684. The SMILES string of the molecule is CCCCNC(=NCc1ccc(C)cc1)NCCn1cccn1. The van der Waals surface area contributed by atoms with Crippen LogP contribution in [0.4, 0.5) is 0 Å². The van der Waals surface area contributed by atoms with E-state index < -0.39 is 0 Å². The third-order valence-corrected chi connectivity index (χ3v) is 3.56. The summed E-state index contributed by atoms with van der Waals surface area (Å²) in [5.74, 6) is 0.867. The molecule has 23 heavy (non-hydrogen) atoms. The highest BCUT2D eigenvalue weighted by Gasteiger charge is 1.99. The van der Waals surface area contributed by atoms with Gasteiger partial charge in [-0.3, -0.25) is 4.68 Å². The van der Waals surface area contributed by atoms with E-state index in [9.17, 15) is 0 Å². The molecule has 0 amide bonds. The number of aliphatic imine (C=N–C) groups is 1. The highest BCUT2D eigenvalue weighted by Crippen LogP contribution is 2.04. The van der Waals surface area contributed by atoms with Crippen LogP contribution in [-0.4, -0.2) is 28.8 Å². The lowest BCUT2D eigenvalue weighted by atomic mass is 10.1. The number of nitrogens with zero attached hydrogens (tertiary/aromatic N) is 3. The molecule has 0 fully saturated rings. The van der Waals surface area contributed by atoms with Crippen molar-refractivity contribution in [2.75, 3.05) is 13.1 Å². The van der Waals surface area contributed by atoms with Crippen LogP contribution >= 0.6 is 0 Å². The molecule has 0 spiro atoms. The minimum atomic E-state index is 0.684. The van der Waals surface area contributed by atoms with Crippen molar-refractivity contribution >= 4 is 5.96 Å². The first-order valence-electron chi connectivity index (χ1n) is 8.33. The molecule has 0 atom stereocenters. The zero-order valence-corrected chi connectivity index (χ0v) is 14.1. The maximum atomic E-state index is 4.68. The number of rotatable bonds is 8. The van der Waals surface area contributed by atoms with E-state index >= 15 is 0 Å². The highest BCUT2D eigenvalue weighted by atomic mass is 15.3.